The van der Waals surface area contributed by atoms with Crippen molar-refractivity contribution in [3.8, 4) is 11.3 Å². The Morgan fingerprint density at radius 1 is 1.13 bits per heavy atom. The van der Waals surface area contributed by atoms with Crippen molar-refractivity contribution in [2.75, 3.05) is 0 Å². The van der Waals surface area contributed by atoms with Gasteiger partial charge in [0.15, 0.2) is 16.6 Å². The van der Waals surface area contributed by atoms with Gasteiger partial charge >= 0.3 is 0 Å². The molecular formula is C20H11N5O5S. The molecule has 0 atom stereocenters. The molecule has 1 N–H and O–H groups in total. The molecule has 152 valence electrons. The number of amides is 1. The lowest BCUT2D eigenvalue weighted by molar-refractivity contribution is -0.384. The van der Waals surface area contributed by atoms with Gasteiger partial charge in [0.2, 0.25) is 5.17 Å². The lowest BCUT2D eigenvalue weighted by Crippen LogP contribution is -2.35. The van der Waals surface area contributed by atoms with Gasteiger partial charge in [-0.25, -0.2) is 0 Å². The van der Waals surface area contributed by atoms with E-state index in [0.29, 0.717) is 16.4 Å². The third-order valence-corrected chi connectivity index (χ3v) is 5.39. The zero-order valence-corrected chi connectivity index (χ0v) is 16.3. The SMILES string of the molecule is N=C1C(=Cc2ccc(-c3ccccc3[N+](=O)[O-])o2)C(=O)N=C2SC(c3ccco3)=NN12. The number of hydrogen-bond acceptors (Lipinski definition) is 8. The molecule has 0 bridgehead atoms. The number of rotatable bonds is 4. The third-order valence-electron chi connectivity index (χ3n) is 4.47. The van der Waals surface area contributed by atoms with Gasteiger partial charge in [0.1, 0.15) is 11.5 Å². The fourth-order valence-corrected chi connectivity index (χ4v) is 3.91. The second-order valence-corrected chi connectivity index (χ2v) is 7.33. The summed E-state index contributed by atoms with van der Waals surface area (Å²) in [5, 5.41) is 26.0. The Labute approximate surface area is 178 Å². The number of aliphatic imine (C=N–C) groups is 1. The van der Waals surface area contributed by atoms with E-state index in [4.69, 9.17) is 14.2 Å². The first-order valence-corrected chi connectivity index (χ1v) is 9.70. The van der Waals surface area contributed by atoms with Gasteiger partial charge in [-0.1, -0.05) is 12.1 Å². The fourth-order valence-electron chi connectivity index (χ4n) is 3.05. The van der Waals surface area contributed by atoms with E-state index >= 15 is 0 Å². The van der Waals surface area contributed by atoms with Crippen LogP contribution >= 0.6 is 11.8 Å². The summed E-state index contributed by atoms with van der Waals surface area (Å²) < 4.78 is 11.0. The van der Waals surface area contributed by atoms with Crippen LogP contribution in [0.2, 0.25) is 0 Å². The molecule has 2 aliphatic rings. The molecule has 0 radical (unpaired) electrons. The Kier molecular flexibility index (Phi) is 4.37. The van der Waals surface area contributed by atoms with Crippen LogP contribution in [0.4, 0.5) is 5.69 Å². The maximum absolute atomic E-state index is 12.5. The minimum absolute atomic E-state index is 0.0164. The molecular weight excluding hydrogens is 422 g/mol. The molecule has 0 saturated heterocycles. The highest BCUT2D eigenvalue weighted by molar-refractivity contribution is 8.27. The highest BCUT2D eigenvalue weighted by Crippen LogP contribution is 2.33. The lowest BCUT2D eigenvalue weighted by atomic mass is 10.1. The molecule has 2 aromatic heterocycles. The number of nitrogens with zero attached hydrogens (tertiary/aromatic N) is 4. The van der Waals surface area contributed by atoms with Crippen molar-refractivity contribution in [3.05, 3.63) is 82.0 Å². The number of nitrogens with one attached hydrogen (secondary N) is 1. The first kappa shape index (κ1) is 18.8. The molecule has 4 heterocycles. The Morgan fingerprint density at radius 3 is 2.74 bits per heavy atom. The number of nitro groups is 1. The van der Waals surface area contributed by atoms with Gasteiger partial charge in [0, 0.05) is 6.07 Å². The molecule has 1 amide bonds. The number of hydrogen-bond donors (Lipinski definition) is 1. The number of amidine groups is 2. The molecule has 3 aromatic rings. The number of hydrazone groups is 1. The Morgan fingerprint density at radius 2 is 1.97 bits per heavy atom. The number of nitro benzene ring substituents is 1. The number of carbonyl (C=O) groups is 1. The van der Waals surface area contributed by atoms with Gasteiger partial charge < -0.3 is 8.83 Å². The monoisotopic (exact) mass is 433 g/mol. The van der Waals surface area contributed by atoms with Gasteiger partial charge in [0.05, 0.1) is 22.3 Å². The molecule has 11 heteroatoms. The number of furan rings is 2. The zero-order valence-electron chi connectivity index (χ0n) is 15.5. The van der Waals surface area contributed by atoms with Crippen LogP contribution in [0.3, 0.4) is 0 Å². The molecule has 2 aliphatic heterocycles. The standard InChI is InChI=1S/C20H11N5O5S/c21-17-13(18(26)22-20-24(17)23-19(31-20)16-6-3-9-29-16)10-11-7-8-15(30-11)12-4-1-2-5-14(12)25(27)28/h1-10,21H. The van der Waals surface area contributed by atoms with Crippen molar-refractivity contribution in [1.82, 2.24) is 5.01 Å². The van der Waals surface area contributed by atoms with Crippen LogP contribution in [0.25, 0.3) is 17.4 Å². The van der Waals surface area contributed by atoms with E-state index in [9.17, 15) is 14.9 Å². The number of carbonyl (C=O) groups excluding carboxylic acids is 1. The van der Waals surface area contributed by atoms with Crippen molar-refractivity contribution in [1.29, 1.82) is 5.41 Å². The summed E-state index contributed by atoms with van der Waals surface area (Å²) in [6.07, 6.45) is 2.87. The smallest absolute Gasteiger partial charge is 0.283 e. The molecule has 5 rings (SSSR count). The van der Waals surface area contributed by atoms with Crippen LogP contribution in [0.15, 0.2) is 79.3 Å². The summed E-state index contributed by atoms with van der Waals surface area (Å²) in [7, 11) is 0. The Hall–Kier alpha value is -4.25. The predicted molar refractivity (Wildman–Crippen MR) is 114 cm³/mol. The van der Waals surface area contributed by atoms with Crippen LogP contribution in [0, 0.1) is 15.5 Å². The van der Waals surface area contributed by atoms with E-state index < -0.39 is 10.8 Å². The van der Waals surface area contributed by atoms with Gasteiger partial charge in [-0.05, 0) is 48.2 Å². The first-order chi connectivity index (χ1) is 15.0. The second-order valence-electron chi connectivity index (χ2n) is 6.38. The first-order valence-electron chi connectivity index (χ1n) is 8.89. The summed E-state index contributed by atoms with van der Waals surface area (Å²) in [4.78, 5) is 27.3. The van der Waals surface area contributed by atoms with Gasteiger partial charge in [0.25, 0.3) is 11.6 Å². The molecule has 0 fully saturated rings. The molecule has 0 saturated carbocycles. The maximum atomic E-state index is 12.5. The largest absolute Gasteiger partial charge is 0.462 e. The predicted octanol–water partition coefficient (Wildman–Crippen LogP) is 4.12. The fraction of sp³-hybridized carbons (Fsp3) is 0. The summed E-state index contributed by atoms with van der Waals surface area (Å²) in [6.45, 7) is 0. The van der Waals surface area contributed by atoms with Crippen LogP contribution in [0.1, 0.15) is 11.5 Å². The quantitative estimate of drug-likeness (QED) is 0.371. The average Bonchev–Trinajstić information content (AvgIpc) is 3.51. The van der Waals surface area contributed by atoms with E-state index in [0.717, 1.165) is 11.8 Å². The topological polar surface area (TPSA) is 138 Å². The molecule has 0 unspecified atom stereocenters. The maximum Gasteiger partial charge on any atom is 0.283 e. The van der Waals surface area contributed by atoms with Crippen LogP contribution < -0.4 is 0 Å². The molecule has 10 nitrogen and oxygen atoms in total. The molecule has 0 spiro atoms. The third kappa shape index (κ3) is 3.26. The highest BCUT2D eigenvalue weighted by atomic mass is 32.2. The highest BCUT2D eigenvalue weighted by Gasteiger charge is 2.37. The normalized spacial score (nSPS) is 17.0. The van der Waals surface area contributed by atoms with Crippen molar-refractivity contribution >= 4 is 45.5 Å². The number of fused-ring (bicyclic) bond motifs is 1. The van der Waals surface area contributed by atoms with Crippen molar-refractivity contribution in [2.45, 2.75) is 0 Å². The van der Waals surface area contributed by atoms with E-state index in [1.807, 2.05) is 0 Å². The van der Waals surface area contributed by atoms with Crippen molar-refractivity contribution < 1.29 is 18.6 Å². The molecule has 0 aliphatic carbocycles. The Balaban J connectivity index is 1.47. The van der Waals surface area contributed by atoms with Gasteiger partial charge in [-0.3, -0.25) is 20.3 Å². The van der Waals surface area contributed by atoms with E-state index in [1.54, 1.807) is 42.5 Å². The second kappa shape index (κ2) is 7.22. The number of benzene rings is 1. The summed E-state index contributed by atoms with van der Waals surface area (Å²) >= 11 is 1.13. The molecule has 1 aromatic carbocycles. The van der Waals surface area contributed by atoms with Crippen molar-refractivity contribution in [2.24, 2.45) is 10.1 Å². The number of thioether (sulfide) groups is 1. The summed E-state index contributed by atoms with van der Waals surface area (Å²) in [5.74, 6) is 0.263. The van der Waals surface area contributed by atoms with Crippen molar-refractivity contribution in [3.63, 3.8) is 0 Å². The van der Waals surface area contributed by atoms with Crippen LogP contribution in [0.5, 0.6) is 0 Å². The Bertz CT molecular complexity index is 1340. The van der Waals surface area contributed by atoms with E-state index in [-0.39, 0.29) is 33.8 Å². The molecule has 31 heavy (non-hydrogen) atoms. The van der Waals surface area contributed by atoms with Crippen LogP contribution in [-0.4, -0.2) is 31.9 Å². The minimum atomic E-state index is -0.608. The summed E-state index contributed by atoms with van der Waals surface area (Å²) in [6, 6.07) is 12.8. The van der Waals surface area contributed by atoms with Gasteiger partial charge in [-0.2, -0.15) is 15.1 Å². The number of para-hydroxylation sites is 1. The zero-order chi connectivity index (χ0) is 21.5. The van der Waals surface area contributed by atoms with E-state index in [1.165, 1.54) is 23.4 Å². The summed E-state index contributed by atoms with van der Waals surface area (Å²) in [5.41, 5.74) is 0.198. The minimum Gasteiger partial charge on any atom is -0.462 e. The average molecular weight is 433 g/mol. The van der Waals surface area contributed by atoms with Gasteiger partial charge in [-0.15, -0.1) is 0 Å². The van der Waals surface area contributed by atoms with Crippen LogP contribution in [-0.2, 0) is 4.79 Å². The lowest BCUT2D eigenvalue weighted by Gasteiger charge is -2.19. The van der Waals surface area contributed by atoms with E-state index in [2.05, 4.69) is 10.1 Å².